The fourth-order valence-corrected chi connectivity index (χ4v) is 5.11. The molecular formula is C22H44CaN2O8S2. The number of carboxylic acid groups (broad SMARTS) is 2. The van der Waals surface area contributed by atoms with E-state index in [0.29, 0.717) is 12.8 Å². The number of unbranched alkanes of at least 4 members (excludes halogenated alkanes) is 12. The molecule has 0 aromatic carbocycles. The number of aliphatic carboxylic acids is 2. The van der Waals surface area contributed by atoms with Crippen molar-refractivity contribution in [3.05, 3.63) is 0 Å². The Morgan fingerprint density at radius 1 is 0.543 bits per heavy atom. The Kier molecular flexibility index (Phi) is 29.0. The van der Waals surface area contributed by atoms with Gasteiger partial charge in [0.05, 0.1) is 36.5 Å². The van der Waals surface area contributed by atoms with Gasteiger partial charge in [-0.05, 0) is 12.8 Å². The van der Waals surface area contributed by atoms with Crippen LogP contribution in [-0.4, -0.2) is 91.1 Å². The smallest absolute Gasteiger partial charge is 0.549 e. The van der Waals surface area contributed by atoms with Crippen molar-refractivity contribution in [2.24, 2.45) is 0 Å². The van der Waals surface area contributed by atoms with Crippen LogP contribution in [-0.2, 0) is 29.6 Å². The van der Waals surface area contributed by atoms with E-state index in [1.165, 1.54) is 38.5 Å². The molecule has 0 radical (unpaired) electrons. The second-order valence-corrected chi connectivity index (χ2v) is 12.1. The molecule has 0 saturated carbocycles. The number of nitrogens with one attached hydrogen (secondary N) is 2. The molecule has 0 aliphatic heterocycles. The number of hydrogen-bond acceptors (Lipinski definition) is 8. The van der Waals surface area contributed by atoms with Crippen LogP contribution in [0.2, 0.25) is 0 Å². The molecule has 0 bridgehead atoms. The topological polar surface area (TPSA) is 173 Å². The number of carbonyl (C=O) groups is 2. The molecule has 0 aromatic rings. The maximum atomic E-state index is 11.3. The van der Waals surface area contributed by atoms with Gasteiger partial charge in [0.15, 0.2) is 0 Å². The van der Waals surface area contributed by atoms with Crippen molar-refractivity contribution >= 4 is 69.7 Å². The van der Waals surface area contributed by atoms with Crippen molar-refractivity contribution in [3.8, 4) is 0 Å². The molecule has 13 heteroatoms. The first kappa shape index (κ1) is 39.5. The Bertz CT molecular complexity index is 670. The number of hydrogen-bond donors (Lipinski definition) is 2. The number of rotatable bonds is 22. The van der Waals surface area contributed by atoms with Crippen LogP contribution in [0.1, 0.15) is 104 Å². The molecule has 10 nitrogen and oxygen atoms in total. The standard InChI is InChI=1S/2C11H23NO4S.Ca/c2*1-2-3-4-5-6-7-8-9-17(15,16)12-10-11(13)14;/h2*12H,2-10H2,1H3,(H,13,14);/q;;+2/p-2. The van der Waals surface area contributed by atoms with E-state index in [2.05, 4.69) is 13.8 Å². The van der Waals surface area contributed by atoms with E-state index in [0.717, 1.165) is 38.5 Å². The summed E-state index contributed by atoms with van der Waals surface area (Å²) in [4.78, 5) is 20.2. The van der Waals surface area contributed by atoms with Gasteiger partial charge in [-0.3, -0.25) is 0 Å². The molecule has 0 aliphatic rings. The van der Waals surface area contributed by atoms with Gasteiger partial charge in [0.2, 0.25) is 20.0 Å². The zero-order valence-corrected chi connectivity index (χ0v) is 25.4. The summed E-state index contributed by atoms with van der Waals surface area (Å²) in [6.07, 6.45) is 14.5. The summed E-state index contributed by atoms with van der Waals surface area (Å²) in [5.41, 5.74) is 0. The van der Waals surface area contributed by atoms with E-state index in [9.17, 15) is 36.6 Å². The molecule has 0 aromatic heterocycles. The maximum absolute atomic E-state index is 11.3. The third-order valence-electron chi connectivity index (χ3n) is 4.91. The minimum atomic E-state index is -3.44. The van der Waals surface area contributed by atoms with Crippen molar-refractivity contribution in [3.63, 3.8) is 0 Å². The Labute approximate surface area is 242 Å². The summed E-state index contributed by atoms with van der Waals surface area (Å²) >= 11 is 0. The van der Waals surface area contributed by atoms with E-state index >= 15 is 0 Å². The van der Waals surface area contributed by atoms with Crippen molar-refractivity contribution in [2.75, 3.05) is 24.6 Å². The van der Waals surface area contributed by atoms with Gasteiger partial charge in [0.25, 0.3) is 0 Å². The van der Waals surface area contributed by atoms with Crippen LogP contribution in [0.25, 0.3) is 0 Å². The molecule has 204 valence electrons. The van der Waals surface area contributed by atoms with Crippen LogP contribution in [0.15, 0.2) is 0 Å². The molecule has 0 rings (SSSR count). The normalized spacial score (nSPS) is 11.3. The van der Waals surface area contributed by atoms with Gasteiger partial charge in [0.1, 0.15) is 0 Å². The second kappa shape index (κ2) is 25.7. The SMILES string of the molecule is CCCCCCCCCS(=O)(=O)NCC(=O)[O-].CCCCCCCCCS(=O)(=O)NCC(=O)[O-].[Ca+2]. The zero-order valence-electron chi connectivity index (χ0n) is 21.5. The van der Waals surface area contributed by atoms with Crippen molar-refractivity contribution in [2.45, 2.75) is 104 Å². The van der Waals surface area contributed by atoms with E-state index in [-0.39, 0.29) is 49.2 Å². The largest absolute Gasteiger partial charge is 2.00 e. The zero-order chi connectivity index (χ0) is 26.3. The van der Waals surface area contributed by atoms with Crippen LogP contribution in [0.3, 0.4) is 0 Å². The van der Waals surface area contributed by atoms with Crippen LogP contribution in [0, 0.1) is 0 Å². The number of carboxylic acids is 2. The maximum Gasteiger partial charge on any atom is 2.00 e. The molecular weight excluding hydrogens is 524 g/mol. The van der Waals surface area contributed by atoms with Gasteiger partial charge in [-0.15, -0.1) is 0 Å². The Hall–Kier alpha value is 0.0197. The summed E-state index contributed by atoms with van der Waals surface area (Å²) in [6, 6.07) is 0. The summed E-state index contributed by atoms with van der Waals surface area (Å²) < 4.78 is 49.0. The van der Waals surface area contributed by atoms with E-state index < -0.39 is 45.1 Å². The molecule has 0 saturated heterocycles. The summed E-state index contributed by atoms with van der Waals surface area (Å²) in [6.45, 7) is 3.02. The third-order valence-corrected chi connectivity index (χ3v) is 7.73. The molecule has 0 heterocycles. The molecule has 2 N–H and O–H groups in total. The van der Waals surface area contributed by atoms with Crippen LogP contribution >= 0.6 is 0 Å². The first-order chi connectivity index (χ1) is 16.0. The second-order valence-electron chi connectivity index (χ2n) is 8.27. The molecule has 0 spiro atoms. The predicted octanol–water partition coefficient (Wildman–Crippen LogP) is 0.432. The van der Waals surface area contributed by atoms with Gasteiger partial charge in [-0.25, -0.2) is 26.3 Å². The molecule has 0 aliphatic carbocycles. The van der Waals surface area contributed by atoms with Gasteiger partial charge in [-0.1, -0.05) is 90.9 Å². The summed E-state index contributed by atoms with van der Waals surface area (Å²) in [7, 11) is -6.89. The van der Waals surface area contributed by atoms with Crippen molar-refractivity contribution < 1.29 is 36.6 Å². The van der Waals surface area contributed by atoms with E-state index in [1.807, 2.05) is 9.44 Å². The monoisotopic (exact) mass is 568 g/mol. The van der Waals surface area contributed by atoms with Gasteiger partial charge in [0, 0.05) is 0 Å². The van der Waals surface area contributed by atoms with Crippen molar-refractivity contribution in [1.82, 2.24) is 9.44 Å². The average molecular weight is 569 g/mol. The first-order valence-electron chi connectivity index (χ1n) is 12.3. The van der Waals surface area contributed by atoms with Crippen LogP contribution < -0.4 is 19.7 Å². The molecule has 0 unspecified atom stereocenters. The molecule has 0 fully saturated rings. The van der Waals surface area contributed by atoms with Crippen LogP contribution in [0.5, 0.6) is 0 Å². The fourth-order valence-electron chi connectivity index (χ4n) is 2.98. The minimum absolute atomic E-state index is 0. The third kappa shape index (κ3) is 34.0. The summed E-state index contributed by atoms with van der Waals surface area (Å²) in [5.74, 6) is -2.83. The Morgan fingerprint density at radius 3 is 1.06 bits per heavy atom. The summed E-state index contributed by atoms with van der Waals surface area (Å²) in [5, 5.41) is 20.2. The predicted molar refractivity (Wildman–Crippen MR) is 135 cm³/mol. The van der Waals surface area contributed by atoms with E-state index in [4.69, 9.17) is 0 Å². The average Bonchev–Trinajstić information content (AvgIpc) is 2.76. The van der Waals surface area contributed by atoms with E-state index in [1.54, 1.807) is 0 Å². The fraction of sp³-hybridized carbons (Fsp3) is 0.909. The number of carbonyl (C=O) groups excluding carboxylic acids is 2. The van der Waals surface area contributed by atoms with Gasteiger partial charge < -0.3 is 19.8 Å². The first-order valence-corrected chi connectivity index (χ1v) is 15.6. The quantitative estimate of drug-likeness (QED) is 0.140. The molecule has 0 amide bonds. The number of sulfonamides is 2. The van der Waals surface area contributed by atoms with Crippen molar-refractivity contribution in [1.29, 1.82) is 0 Å². The van der Waals surface area contributed by atoms with Gasteiger partial charge >= 0.3 is 37.7 Å². The molecule has 35 heavy (non-hydrogen) atoms. The Morgan fingerprint density at radius 2 is 0.800 bits per heavy atom. The minimum Gasteiger partial charge on any atom is -0.549 e. The Balaban J connectivity index is -0.000000569. The van der Waals surface area contributed by atoms with Gasteiger partial charge in [-0.2, -0.15) is 0 Å². The molecule has 0 atom stereocenters. The van der Waals surface area contributed by atoms with Crippen LogP contribution in [0.4, 0.5) is 0 Å².